The van der Waals surface area contributed by atoms with Crippen LogP contribution in [0.25, 0.3) is 0 Å². The predicted molar refractivity (Wildman–Crippen MR) is 116 cm³/mol. The van der Waals surface area contributed by atoms with Crippen LogP contribution < -0.4 is 0 Å². The summed E-state index contributed by atoms with van der Waals surface area (Å²) in [4.78, 5) is 0. The van der Waals surface area contributed by atoms with Crippen molar-refractivity contribution in [2.24, 2.45) is 35.5 Å². The molecule has 0 bridgehead atoms. The third-order valence-corrected chi connectivity index (χ3v) is 8.53. The maximum absolute atomic E-state index is 12.1. The molecule has 0 aromatic rings. The van der Waals surface area contributed by atoms with Crippen LogP contribution in [-0.2, 0) is 0 Å². The second-order valence-corrected chi connectivity index (χ2v) is 10.4. The third-order valence-electron chi connectivity index (χ3n) is 8.53. The van der Waals surface area contributed by atoms with Gasteiger partial charge in [-0.3, -0.25) is 4.39 Å². The largest absolute Gasteiger partial charge is 0.251 e. The predicted octanol–water partition coefficient (Wildman–Crippen LogP) is 8.51. The van der Waals surface area contributed by atoms with Crippen LogP contribution in [-0.4, -0.2) is 6.67 Å². The van der Waals surface area contributed by atoms with Gasteiger partial charge in [0, 0.05) is 0 Å². The first-order valence-corrected chi connectivity index (χ1v) is 12.5. The molecule has 3 aliphatic rings. The summed E-state index contributed by atoms with van der Waals surface area (Å²) < 4.78 is 12.1. The first-order valence-electron chi connectivity index (χ1n) is 12.5. The fourth-order valence-corrected chi connectivity index (χ4v) is 6.62. The second kappa shape index (κ2) is 11.6. The van der Waals surface area contributed by atoms with E-state index in [2.05, 4.69) is 13.0 Å². The van der Waals surface area contributed by atoms with Crippen molar-refractivity contribution in [3.8, 4) is 0 Å². The van der Waals surface area contributed by atoms with Crippen molar-refractivity contribution < 1.29 is 4.39 Å². The van der Waals surface area contributed by atoms with E-state index in [1.807, 2.05) is 6.08 Å². The van der Waals surface area contributed by atoms with Crippen molar-refractivity contribution in [3.05, 3.63) is 12.2 Å². The highest BCUT2D eigenvalue weighted by molar-refractivity contribution is 4.86. The van der Waals surface area contributed by atoms with Crippen molar-refractivity contribution in [3.63, 3.8) is 0 Å². The quantitative estimate of drug-likeness (QED) is 0.294. The van der Waals surface area contributed by atoms with E-state index in [0.29, 0.717) is 6.42 Å². The molecule has 0 nitrogen and oxygen atoms in total. The molecule has 0 aromatic carbocycles. The van der Waals surface area contributed by atoms with E-state index in [1.165, 1.54) is 64.2 Å². The standard InChI is InChI=1S/C26H45F/c1-21-8-12-23(13-9-21)25-16-18-26(19-17-25)24-14-10-22(11-15-24)7-5-3-2-4-6-20-27/h2,4,21-26H,3,5-20H2,1H3. The minimum absolute atomic E-state index is 0.206. The SMILES string of the molecule is CC1CCC(C2CCC(C3CCC(CCCC=CCCF)CC3)CC2)CC1. The first-order chi connectivity index (χ1) is 13.3. The first kappa shape index (κ1) is 21.4. The number of alkyl halides is 1. The molecule has 0 aliphatic heterocycles. The molecule has 0 spiro atoms. The highest BCUT2D eigenvalue weighted by Gasteiger charge is 2.34. The average Bonchev–Trinajstić information content (AvgIpc) is 2.72. The van der Waals surface area contributed by atoms with Crippen LogP contribution in [0, 0.1) is 35.5 Å². The summed E-state index contributed by atoms with van der Waals surface area (Å²) in [5.41, 5.74) is 0. The summed E-state index contributed by atoms with van der Waals surface area (Å²) in [7, 11) is 0. The monoisotopic (exact) mass is 376 g/mol. The number of halogens is 1. The molecule has 0 radical (unpaired) electrons. The molecular formula is C26H45F. The zero-order valence-corrected chi connectivity index (χ0v) is 18.0. The molecule has 0 saturated heterocycles. The summed E-state index contributed by atoms with van der Waals surface area (Å²) in [6.07, 6.45) is 26.9. The Bertz CT molecular complexity index is 404. The van der Waals surface area contributed by atoms with Gasteiger partial charge < -0.3 is 0 Å². The molecule has 0 heterocycles. The molecule has 1 heteroatoms. The van der Waals surface area contributed by atoms with Crippen molar-refractivity contribution in [2.45, 2.75) is 110 Å². The summed E-state index contributed by atoms with van der Waals surface area (Å²) in [6, 6.07) is 0. The lowest BCUT2D eigenvalue weighted by Gasteiger charge is -2.41. The fraction of sp³-hybridized carbons (Fsp3) is 0.923. The van der Waals surface area contributed by atoms with Gasteiger partial charge >= 0.3 is 0 Å². The van der Waals surface area contributed by atoms with Gasteiger partial charge in [0.05, 0.1) is 6.67 Å². The van der Waals surface area contributed by atoms with Crippen LogP contribution >= 0.6 is 0 Å². The molecule has 27 heavy (non-hydrogen) atoms. The molecule has 3 rings (SSSR count). The molecule has 156 valence electrons. The average molecular weight is 377 g/mol. The molecular weight excluding hydrogens is 331 g/mol. The van der Waals surface area contributed by atoms with Crippen LogP contribution in [0.15, 0.2) is 12.2 Å². The van der Waals surface area contributed by atoms with Crippen molar-refractivity contribution >= 4 is 0 Å². The van der Waals surface area contributed by atoms with Gasteiger partial charge in [-0.05, 0) is 106 Å². The highest BCUT2D eigenvalue weighted by atomic mass is 19.1. The fourth-order valence-electron chi connectivity index (χ4n) is 6.62. The summed E-state index contributed by atoms with van der Waals surface area (Å²) >= 11 is 0. The van der Waals surface area contributed by atoms with Gasteiger partial charge in [-0.2, -0.15) is 0 Å². The topological polar surface area (TPSA) is 0 Å². The van der Waals surface area contributed by atoms with Gasteiger partial charge in [-0.15, -0.1) is 0 Å². The van der Waals surface area contributed by atoms with Gasteiger partial charge in [0.1, 0.15) is 0 Å². The Hall–Kier alpha value is -0.330. The van der Waals surface area contributed by atoms with E-state index in [-0.39, 0.29) is 6.67 Å². The number of unbranched alkanes of at least 4 members (excludes halogenated alkanes) is 1. The van der Waals surface area contributed by atoms with E-state index in [1.54, 1.807) is 25.7 Å². The molecule has 3 fully saturated rings. The van der Waals surface area contributed by atoms with Crippen molar-refractivity contribution in [2.75, 3.05) is 6.67 Å². The van der Waals surface area contributed by atoms with Crippen LogP contribution in [0.1, 0.15) is 110 Å². The van der Waals surface area contributed by atoms with Crippen LogP contribution in [0.5, 0.6) is 0 Å². The third kappa shape index (κ3) is 6.90. The van der Waals surface area contributed by atoms with E-state index >= 15 is 0 Å². The summed E-state index contributed by atoms with van der Waals surface area (Å²) in [6.45, 7) is 2.25. The van der Waals surface area contributed by atoms with E-state index < -0.39 is 0 Å². The minimum Gasteiger partial charge on any atom is -0.251 e. The smallest absolute Gasteiger partial charge is 0.0928 e. The molecule has 3 saturated carbocycles. The van der Waals surface area contributed by atoms with Crippen LogP contribution in [0.2, 0.25) is 0 Å². The zero-order chi connectivity index (χ0) is 18.9. The van der Waals surface area contributed by atoms with E-state index in [0.717, 1.165) is 41.9 Å². The van der Waals surface area contributed by atoms with Gasteiger partial charge in [-0.1, -0.05) is 51.2 Å². The Kier molecular flexibility index (Phi) is 9.20. The van der Waals surface area contributed by atoms with Gasteiger partial charge in [0.25, 0.3) is 0 Å². The molecule has 0 aromatic heterocycles. The van der Waals surface area contributed by atoms with Crippen LogP contribution in [0.4, 0.5) is 4.39 Å². The summed E-state index contributed by atoms with van der Waals surface area (Å²) in [5, 5.41) is 0. The second-order valence-electron chi connectivity index (χ2n) is 10.4. The van der Waals surface area contributed by atoms with Crippen molar-refractivity contribution in [1.82, 2.24) is 0 Å². The lowest BCUT2D eigenvalue weighted by atomic mass is 9.65. The van der Waals surface area contributed by atoms with Gasteiger partial charge in [0.2, 0.25) is 0 Å². The number of hydrogen-bond acceptors (Lipinski definition) is 0. The zero-order valence-electron chi connectivity index (χ0n) is 18.0. The Labute approximate surface area is 168 Å². The number of hydrogen-bond donors (Lipinski definition) is 0. The number of allylic oxidation sites excluding steroid dienone is 2. The Balaban J connectivity index is 1.28. The number of rotatable bonds is 8. The van der Waals surface area contributed by atoms with Gasteiger partial charge in [-0.25, -0.2) is 0 Å². The molecule has 0 unspecified atom stereocenters. The van der Waals surface area contributed by atoms with Crippen LogP contribution in [0.3, 0.4) is 0 Å². The summed E-state index contributed by atoms with van der Waals surface area (Å²) in [5.74, 6) is 6.26. The van der Waals surface area contributed by atoms with E-state index in [4.69, 9.17) is 0 Å². The Morgan fingerprint density at radius 2 is 1.07 bits per heavy atom. The highest BCUT2D eigenvalue weighted by Crippen LogP contribution is 2.46. The lowest BCUT2D eigenvalue weighted by molar-refractivity contribution is 0.105. The lowest BCUT2D eigenvalue weighted by Crippen LogP contribution is -2.29. The Morgan fingerprint density at radius 3 is 1.59 bits per heavy atom. The normalized spacial score (nSPS) is 38.3. The maximum atomic E-state index is 12.1. The maximum Gasteiger partial charge on any atom is 0.0928 e. The minimum atomic E-state index is -0.206. The Morgan fingerprint density at radius 1 is 0.630 bits per heavy atom. The molecule has 0 atom stereocenters. The van der Waals surface area contributed by atoms with Crippen molar-refractivity contribution in [1.29, 1.82) is 0 Å². The van der Waals surface area contributed by atoms with Gasteiger partial charge in [0.15, 0.2) is 0 Å². The van der Waals surface area contributed by atoms with E-state index in [9.17, 15) is 4.39 Å². The molecule has 3 aliphatic carbocycles. The molecule has 0 amide bonds. The molecule has 0 N–H and O–H groups in total.